The molecule has 0 aromatic carbocycles. The topological polar surface area (TPSA) is 90.9 Å². The van der Waals surface area contributed by atoms with E-state index in [1.165, 1.54) is 0 Å². The first kappa shape index (κ1) is 11.2. The maximum absolute atomic E-state index is 8.69. The van der Waals surface area contributed by atoms with Crippen molar-refractivity contribution in [2.45, 2.75) is 6.92 Å². The Morgan fingerprint density at radius 1 is 1.73 bits per heavy atom. The molecule has 0 saturated carbocycles. The fourth-order valence-electron chi connectivity index (χ4n) is 1.18. The molecular weight excluding hydrogens is 192 g/mol. The number of hydrazine groups is 1. The highest BCUT2D eigenvalue weighted by Crippen LogP contribution is 2.11. The number of nitrogens with zero attached hydrogens (tertiary/aromatic N) is 4. The molecule has 3 N–H and O–H groups in total. The summed E-state index contributed by atoms with van der Waals surface area (Å²) in [5.41, 5.74) is 2.38. The van der Waals surface area contributed by atoms with Crippen LogP contribution in [0.3, 0.4) is 0 Å². The number of nitrogens with two attached hydrogens (primary N) is 1. The standard InChI is InChI=1S/C9H14N6/c1-7(5-10)6-15(2)8-3-4-12-9(13-8)14-11/h3-4,7H,6,11H2,1-2H3,(H,12,13,14). The average Bonchev–Trinajstić information content (AvgIpc) is 2.28. The van der Waals surface area contributed by atoms with Crippen LogP contribution in [0.5, 0.6) is 0 Å². The number of anilines is 2. The van der Waals surface area contributed by atoms with Gasteiger partial charge in [0, 0.05) is 19.8 Å². The van der Waals surface area contributed by atoms with E-state index in [2.05, 4.69) is 21.5 Å². The van der Waals surface area contributed by atoms with Crippen LogP contribution >= 0.6 is 0 Å². The Labute approximate surface area is 88.7 Å². The summed E-state index contributed by atoms with van der Waals surface area (Å²) in [6.07, 6.45) is 1.62. The van der Waals surface area contributed by atoms with E-state index >= 15 is 0 Å². The van der Waals surface area contributed by atoms with Crippen molar-refractivity contribution in [1.29, 1.82) is 5.26 Å². The van der Waals surface area contributed by atoms with E-state index in [9.17, 15) is 0 Å². The molecule has 0 bridgehead atoms. The van der Waals surface area contributed by atoms with Crippen LogP contribution in [0.25, 0.3) is 0 Å². The molecule has 6 heteroatoms. The molecule has 0 amide bonds. The molecular formula is C9H14N6. The number of hydrogen-bond donors (Lipinski definition) is 2. The first-order valence-corrected chi connectivity index (χ1v) is 4.57. The third-order valence-electron chi connectivity index (χ3n) is 1.93. The van der Waals surface area contributed by atoms with Gasteiger partial charge in [0.05, 0.1) is 12.0 Å². The first-order valence-electron chi connectivity index (χ1n) is 4.57. The molecule has 1 heterocycles. The molecule has 1 aromatic heterocycles. The van der Waals surface area contributed by atoms with Gasteiger partial charge in [0.2, 0.25) is 5.95 Å². The third-order valence-corrected chi connectivity index (χ3v) is 1.93. The second-order valence-electron chi connectivity index (χ2n) is 3.29. The largest absolute Gasteiger partial charge is 0.358 e. The quantitative estimate of drug-likeness (QED) is 0.546. The zero-order valence-corrected chi connectivity index (χ0v) is 8.81. The van der Waals surface area contributed by atoms with Crippen LogP contribution in [0.1, 0.15) is 6.92 Å². The summed E-state index contributed by atoms with van der Waals surface area (Å²) in [4.78, 5) is 9.93. The number of hydrogen-bond acceptors (Lipinski definition) is 6. The van der Waals surface area contributed by atoms with Gasteiger partial charge in [-0.25, -0.2) is 10.8 Å². The van der Waals surface area contributed by atoms with Crippen LogP contribution in [0.2, 0.25) is 0 Å². The smallest absolute Gasteiger partial charge is 0.239 e. The Kier molecular flexibility index (Phi) is 3.83. The van der Waals surface area contributed by atoms with Gasteiger partial charge in [-0.05, 0) is 13.0 Å². The van der Waals surface area contributed by atoms with Crippen LogP contribution in [0.4, 0.5) is 11.8 Å². The molecule has 0 fully saturated rings. The Morgan fingerprint density at radius 3 is 3.07 bits per heavy atom. The molecule has 15 heavy (non-hydrogen) atoms. The van der Waals surface area contributed by atoms with E-state index in [-0.39, 0.29) is 5.92 Å². The second-order valence-corrected chi connectivity index (χ2v) is 3.29. The summed E-state index contributed by atoms with van der Waals surface area (Å²) in [6, 6.07) is 3.94. The molecule has 0 saturated heterocycles. The van der Waals surface area contributed by atoms with Gasteiger partial charge >= 0.3 is 0 Å². The van der Waals surface area contributed by atoms with Crippen molar-refractivity contribution in [1.82, 2.24) is 9.97 Å². The van der Waals surface area contributed by atoms with Gasteiger partial charge < -0.3 is 4.90 Å². The first-order chi connectivity index (χ1) is 7.17. The Balaban J connectivity index is 2.73. The van der Waals surface area contributed by atoms with Gasteiger partial charge in [0.1, 0.15) is 5.82 Å². The summed E-state index contributed by atoms with van der Waals surface area (Å²) < 4.78 is 0. The van der Waals surface area contributed by atoms with Crippen molar-refractivity contribution in [3.63, 3.8) is 0 Å². The van der Waals surface area contributed by atoms with E-state index in [1.807, 2.05) is 18.9 Å². The van der Waals surface area contributed by atoms with Crippen molar-refractivity contribution >= 4 is 11.8 Å². The summed E-state index contributed by atoms with van der Waals surface area (Å²) in [6.45, 7) is 2.48. The van der Waals surface area contributed by atoms with Crippen molar-refractivity contribution in [2.75, 3.05) is 23.9 Å². The molecule has 1 aromatic rings. The van der Waals surface area contributed by atoms with E-state index in [0.717, 1.165) is 5.82 Å². The van der Waals surface area contributed by atoms with Crippen LogP contribution in [0, 0.1) is 17.2 Å². The normalized spacial score (nSPS) is 11.6. The number of nitrogens with one attached hydrogen (secondary N) is 1. The zero-order chi connectivity index (χ0) is 11.3. The molecule has 1 unspecified atom stereocenters. The van der Waals surface area contributed by atoms with E-state index in [4.69, 9.17) is 11.1 Å². The van der Waals surface area contributed by atoms with Crippen molar-refractivity contribution < 1.29 is 0 Å². The average molecular weight is 206 g/mol. The minimum absolute atomic E-state index is 0.0424. The number of aromatic nitrogens is 2. The third kappa shape index (κ3) is 3.07. The number of nitrogen functional groups attached to an aromatic ring is 1. The van der Waals surface area contributed by atoms with Crippen LogP contribution < -0.4 is 16.2 Å². The highest BCUT2D eigenvalue weighted by molar-refractivity contribution is 5.41. The van der Waals surface area contributed by atoms with Crippen molar-refractivity contribution in [3.8, 4) is 6.07 Å². The Bertz CT molecular complexity index is 358. The highest BCUT2D eigenvalue weighted by Gasteiger charge is 2.07. The summed E-state index contributed by atoms with van der Waals surface area (Å²) in [5.74, 6) is 6.26. The Hall–Kier alpha value is -1.87. The van der Waals surface area contributed by atoms with E-state index in [1.54, 1.807) is 12.3 Å². The number of rotatable bonds is 4. The minimum Gasteiger partial charge on any atom is -0.358 e. The molecule has 80 valence electrons. The molecule has 0 spiro atoms. The van der Waals surface area contributed by atoms with E-state index < -0.39 is 0 Å². The SMILES string of the molecule is CC(C#N)CN(C)c1ccnc(NN)n1. The molecule has 1 rings (SSSR count). The molecule has 0 aliphatic carbocycles. The monoisotopic (exact) mass is 206 g/mol. The van der Waals surface area contributed by atoms with Crippen LogP contribution in [-0.2, 0) is 0 Å². The van der Waals surface area contributed by atoms with Gasteiger partial charge in [-0.3, -0.25) is 5.43 Å². The van der Waals surface area contributed by atoms with Gasteiger partial charge in [-0.2, -0.15) is 10.2 Å². The maximum atomic E-state index is 8.69. The van der Waals surface area contributed by atoms with E-state index in [0.29, 0.717) is 12.5 Å². The molecule has 0 radical (unpaired) electrons. The fraction of sp³-hybridized carbons (Fsp3) is 0.444. The van der Waals surface area contributed by atoms with Crippen molar-refractivity contribution in [3.05, 3.63) is 12.3 Å². The second kappa shape index (κ2) is 5.12. The van der Waals surface area contributed by atoms with Gasteiger partial charge in [-0.15, -0.1) is 0 Å². The zero-order valence-electron chi connectivity index (χ0n) is 8.81. The lowest BCUT2D eigenvalue weighted by Gasteiger charge is -2.19. The molecule has 6 nitrogen and oxygen atoms in total. The predicted octanol–water partition coefficient (Wildman–Crippen LogP) is 0.358. The molecule has 1 atom stereocenters. The minimum atomic E-state index is -0.0424. The summed E-state index contributed by atoms with van der Waals surface area (Å²) in [7, 11) is 1.87. The summed E-state index contributed by atoms with van der Waals surface area (Å²) in [5, 5.41) is 8.69. The van der Waals surface area contributed by atoms with Gasteiger partial charge in [0.25, 0.3) is 0 Å². The predicted molar refractivity (Wildman–Crippen MR) is 57.9 cm³/mol. The van der Waals surface area contributed by atoms with Gasteiger partial charge in [-0.1, -0.05) is 0 Å². The van der Waals surface area contributed by atoms with Crippen molar-refractivity contribution in [2.24, 2.45) is 11.8 Å². The van der Waals surface area contributed by atoms with Crippen LogP contribution in [-0.4, -0.2) is 23.6 Å². The lowest BCUT2D eigenvalue weighted by molar-refractivity contribution is 0.709. The molecule has 0 aliphatic rings. The Morgan fingerprint density at radius 2 is 2.47 bits per heavy atom. The highest BCUT2D eigenvalue weighted by atomic mass is 15.3. The maximum Gasteiger partial charge on any atom is 0.239 e. The number of nitriles is 1. The lowest BCUT2D eigenvalue weighted by atomic mass is 10.2. The fourth-order valence-corrected chi connectivity index (χ4v) is 1.18. The summed E-state index contributed by atoms with van der Waals surface area (Å²) >= 11 is 0. The van der Waals surface area contributed by atoms with Gasteiger partial charge in [0.15, 0.2) is 0 Å². The van der Waals surface area contributed by atoms with Crippen LogP contribution in [0.15, 0.2) is 12.3 Å². The lowest BCUT2D eigenvalue weighted by Crippen LogP contribution is -2.24. The molecule has 0 aliphatic heterocycles.